The lowest BCUT2D eigenvalue weighted by molar-refractivity contribution is -0.127. The zero-order valence-electron chi connectivity index (χ0n) is 18.7. The number of hydrogen-bond acceptors (Lipinski definition) is 7. The van der Waals surface area contributed by atoms with Crippen LogP contribution in [0.4, 0.5) is 10.5 Å². The molecular weight excluding hydrogens is 472 g/mol. The minimum atomic E-state index is -1.02. The second-order valence-electron chi connectivity index (χ2n) is 7.58. The lowest BCUT2D eigenvalue weighted by atomic mass is 10.0. The third-order valence-electron chi connectivity index (χ3n) is 5.19. The molecule has 0 spiro atoms. The van der Waals surface area contributed by atoms with E-state index in [-0.39, 0.29) is 10.5 Å². The molecule has 3 amide bonds. The van der Waals surface area contributed by atoms with E-state index in [9.17, 15) is 19.2 Å². The van der Waals surface area contributed by atoms with Gasteiger partial charge in [0.05, 0.1) is 17.6 Å². The summed E-state index contributed by atoms with van der Waals surface area (Å²) in [5.41, 5.74) is 2.10. The number of anilines is 1. The molecule has 35 heavy (non-hydrogen) atoms. The van der Waals surface area contributed by atoms with Gasteiger partial charge in [-0.05, 0) is 72.8 Å². The van der Waals surface area contributed by atoms with E-state index < -0.39 is 29.6 Å². The number of rotatable bonds is 7. The summed E-state index contributed by atoms with van der Waals surface area (Å²) in [6.07, 6.45) is 1.44. The van der Waals surface area contributed by atoms with E-state index in [0.29, 0.717) is 34.1 Å². The fourth-order valence-corrected chi connectivity index (χ4v) is 4.25. The Bertz CT molecular complexity index is 1360. The van der Waals surface area contributed by atoms with Crippen molar-refractivity contribution < 1.29 is 33.4 Å². The number of carboxylic acids is 1. The van der Waals surface area contributed by atoms with Crippen molar-refractivity contribution in [2.24, 2.45) is 0 Å². The van der Waals surface area contributed by atoms with E-state index in [0.717, 1.165) is 16.7 Å². The van der Waals surface area contributed by atoms with Gasteiger partial charge in [0.1, 0.15) is 23.8 Å². The zero-order chi connectivity index (χ0) is 25.1. The molecule has 1 saturated heterocycles. The van der Waals surface area contributed by atoms with Crippen LogP contribution >= 0.6 is 11.8 Å². The highest BCUT2D eigenvalue weighted by molar-refractivity contribution is 8.18. The van der Waals surface area contributed by atoms with Crippen molar-refractivity contribution >= 4 is 46.5 Å². The van der Waals surface area contributed by atoms with Crippen molar-refractivity contribution in [3.8, 4) is 17.1 Å². The van der Waals surface area contributed by atoms with Crippen LogP contribution in [0, 0.1) is 6.92 Å². The molecule has 0 bridgehead atoms. The third kappa shape index (κ3) is 5.28. The predicted octanol–water partition coefficient (Wildman–Crippen LogP) is 4.64. The maximum absolute atomic E-state index is 12.7. The normalized spacial score (nSPS) is 14.5. The standard InChI is InChI=1S/C25H20N2O7S/c1-14-11-15(24(30)31)3-9-19(14)20-10-8-18(34-20)12-21-23(29)27(25(32)35-21)13-22(28)26-16-4-6-17(33-2)7-5-16/h3-12H,13H2,1-2H3,(H,26,28)(H,30,31)/b21-12+. The number of carbonyl (C=O) groups excluding carboxylic acids is 3. The van der Waals surface area contributed by atoms with Gasteiger partial charge < -0.3 is 19.6 Å². The molecule has 9 nitrogen and oxygen atoms in total. The van der Waals surface area contributed by atoms with Crippen LogP contribution in [-0.4, -0.2) is 46.7 Å². The zero-order valence-corrected chi connectivity index (χ0v) is 19.5. The Morgan fingerprint density at radius 2 is 1.86 bits per heavy atom. The molecule has 10 heteroatoms. The molecule has 0 aliphatic carbocycles. The molecule has 1 fully saturated rings. The highest BCUT2D eigenvalue weighted by Crippen LogP contribution is 2.34. The molecule has 1 aromatic heterocycles. The number of thioether (sulfide) groups is 1. The first kappa shape index (κ1) is 23.8. The second kappa shape index (κ2) is 9.90. The number of nitrogens with one attached hydrogen (secondary N) is 1. The number of aryl methyl sites for hydroxylation is 1. The molecule has 1 aliphatic heterocycles. The van der Waals surface area contributed by atoms with E-state index in [2.05, 4.69) is 5.32 Å². The topological polar surface area (TPSA) is 126 Å². The first-order chi connectivity index (χ1) is 16.7. The number of aromatic carboxylic acids is 1. The number of nitrogens with zero attached hydrogens (tertiary/aromatic N) is 1. The highest BCUT2D eigenvalue weighted by Gasteiger charge is 2.36. The molecule has 0 saturated carbocycles. The van der Waals surface area contributed by atoms with Gasteiger partial charge in [-0.1, -0.05) is 6.07 Å². The van der Waals surface area contributed by atoms with Crippen molar-refractivity contribution in [3.63, 3.8) is 0 Å². The van der Waals surface area contributed by atoms with Gasteiger partial charge in [0, 0.05) is 17.3 Å². The van der Waals surface area contributed by atoms with Crippen LogP contribution < -0.4 is 10.1 Å². The summed E-state index contributed by atoms with van der Waals surface area (Å²) < 4.78 is 10.9. The van der Waals surface area contributed by atoms with E-state index in [1.807, 2.05) is 0 Å². The minimum Gasteiger partial charge on any atom is -0.497 e. The van der Waals surface area contributed by atoms with Gasteiger partial charge in [-0.25, -0.2) is 4.79 Å². The number of methoxy groups -OCH3 is 1. The van der Waals surface area contributed by atoms with Crippen molar-refractivity contribution in [1.82, 2.24) is 4.90 Å². The minimum absolute atomic E-state index is 0.131. The van der Waals surface area contributed by atoms with Crippen LogP contribution in [0.3, 0.4) is 0 Å². The summed E-state index contributed by atoms with van der Waals surface area (Å²) in [6.45, 7) is 1.35. The largest absolute Gasteiger partial charge is 0.497 e. The molecule has 2 N–H and O–H groups in total. The van der Waals surface area contributed by atoms with Crippen molar-refractivity contribution in [2.45, 2.75) is 6.92 Å². The fraction of sp³-hybridized carbons (Fsp3) is 0.120. The van der Waals surface area contributed by atoms with E-state index in [4.69, 9.17) is 14.3 Å². The summed E-state index contributed by atoms with van der Waals surface area (Å²) in [4.78, 5) is 49.6. The van der Waals surface area contributed by atoms with Gasteiger partial charge >= 0.3 is 5.97 Å². The van der Waals surface area contributed by atoms with Crippen LogP contribution in [0.1, 0.15) is 21.7 Å². The maximum atomic E-state index is 12.7. The maximum Gasteiger partial charge on any atom is 0.335 e. The Kier molecular flexibility index (Phi) is 6.74. The predicted molar refractivity (Wildman–Crippen MR) is 130 cm³/mol. The summed E-state index contributed by atoms with van der Waals surface area (Å²) in [6, 6.07) is 14.7. The Balaban J connectivity index is 1.44. The van der Waals surface area contributed by atoms with Gasteiger partial charge in [-0.15, -0.1) is 0 Å². The number of furan rings is 1. The average molecular weight is 493 g/mol. The second-order valence-corrected chi connectivity index (χ2v) is 8.57. The number of amides is 3. The number of benzene rings is 2. The van der Waals surface area contributed by atoms with E-state index in [1.165, 1.54) is 19.3 Å². The summed E-state index contributed by atoms with van der Waals surface area (Å²) in [5, 5.41) is 11.2. The Hall–Kier alpha value is -4.31. The van der Waals surface area contributed by atoms with E-state index >= 15 is 0 Å². The van der Waals surface area contributed by atoms with Gasteiger partial charge in [0.25, 0.3) is 11.1 Å². The van der Waals surface area contributed by atoms with Crippen LogP contribution in [0.15, 0.2) is 63.9 Å². The first-order valence-corrected chi connectivity index (χ1v) is 11.2. The number of ether oxygens (including phenoxy) is 1. The molecule has 2 aromatic carbocycles. The van der Waals surface area contributed by atoms with Crippen molar-refractivity contribution in [3.05, 3.63) is 76.4 Å². The average Bonchev–Trinajstić information content (AvgIpc) is 3.39. The molecule has 1 aliphatic rings. The van der Waals surface area contributed by atoms with Crippen LogP contribution in [0.5, 0.6) is 5.75 Å². The number of carboxylic acid groups (broad SMARTS) is 1. The first-order valence-electron chi connectivity index (χ1n) is 10.4. The lowest BCUT2D eigenvalue weighted by Crippen LogP contribution is -2.36. The van der Waals surface area contributed by atoms with Crippen LogP contribution in [0.2, 0.25) is 0 Å². The molecule has 0 radical (unpaired) electrons. The lowest BCUT2D eigenvalue weighted by Gasteiger charge is -2.12. The highest BCUT2D eigenvalue weighted by atomic mass is 32.2. The van der Waals surface area contributed by atoms with Crippen LogP contribution in [-0.2, 0) is 9.59 Å². The molecule has 2 heterocycles. The number of carbonyl (C=O) groups is 4. The molecule has 3 aromatic rings. The van der Waals surface area contributed by atoms with Crippen molar-refractivity contribution in [1.29, 1.82) is 0 Å². The molecule has 4 rings (SSSR count). The number of imide groups is 1. The summed E-state index contributed by atoms with van der Waals surface area (Å²) >= 11 is 0.720. The smallest absolute Gasteiger partial charge is 0.335 e. The Morgan fingerprint density at radius 1 is 1.11 bits per heavy atom. The monoisotopic (exact) mass is 492 g/mol. The molecular formula is C25H20N2O7S. The van der Waals surface area contributed by atoms with E-state index in [1.54, 1.807) is 55.5 Å². The van der Waals surface area contributed by atoms with Gasteiger partial charge in [-0.3, -0.25) is 19.3 Å². The Labute approximate surface area is 204 Å². The summed E-state index contributed by atoms with van der Waals surface area (Å²) in [7, 11) is 1.53. The summed E-state index contributed by atoms with van der Waals surface area (Å²) in [5.74, 6) is -0.663. The SMILES string of the molecule is COc1ccc(NC(=O)CN2C(=O)S/C(=C/c3ccc(-c4ccc(C(=O)O)cc4C)o3)C2=O)cc1. The number of hydrogen-bond donors (Lipinski definition) is 2. The van der Waals surface area contributed by atoms with Gasteiger partial charge in [0.2, 0.25) is 5.91 Å². The quantitative estimate of drug-likeness (QED) is 0.457. The third-order valence-corrected chi connectivity index (χ3v) is 6.10. The van der Waals surface area contributed by atoms with Gasteiger partial charge in [0.15, 0.2) is 0 Å². The van der Waals surface area contributed by atoms with Gasteiger partial charge in [-0.2, -0.15) is 0 Å². The van der Waals surface area contributed by atoms with Crippen molar-refractivity contribution in [2.75, 3.05) is 19.0 Å². The van der Waals surface area contributed by atoms with Crippen LogP contribution in [0.25, 0.3) is 17.4 Å². The molecule has 178 valence electrons. The Morgan fingerprint density at radius 3 is 2.51 bits per heavy atom. The fourth-order valence-electron chi connectivity index (χ4n) is 3.43. The molecule has 0 unspecified atom stereocenters. The molecule has 0 atom stereocenters.